The fourth-order valence-corrected chi connectivity index (χ4v) is 1.93. The lowest BCUT2D eigenvalue weighted by Crippen LogP contribution is -2.22. The molecule has 0 atom stereocenters. The van der Waals surface area contributed by atoms with Gasteiger partial charge in [-0.2, -0.15) is 10.2 Å². The van der Waals surface area contributed by atoms with E-state index in [2.05, 4.69) is 26.8 Å². The molecule has 15 heavy (non-hydrogen) atoms. The number of fused-ring (bicyclic) bond motifs is 1. The van der Waals surface area contributed by atoms with Crippen LogP contribution in [0.2, 0.25) is 0 Å². The molecule has 0 unspecified atom stereocenters. The Hall–Kier alpha value is -1.62. The Bertz CT molecular complexity index is 458. The molecule has 5 heteroatoms. The summed E-state index contributed by atoms with van der Waals surface area (Å²) in [6, 6.07) is 0. The first-order valence-corrected chi connectivity index (χ1v) is 5.13. The molecule has 2 N–H and O–H groups in total. The largest absolute Gasteiger partial charge is 0.311 e. The minimum atomic E-state index is 0.874. The molecule has 5 nitrogen and oxygen atoms in total. The van der Waals surface area contributed by atoms with Crippen LogP contribution in [-0.2, 0) is 13.0 Å². The van der Waals surface area contributed by atoms with Crippen molar-refractivity contribution in [1.29, 1.82) is 0 Å². The molecule has 3 heterocycles. The first-order valence-electron chi connectivity index (χ1n) is 5.13. The van der Waals surface area contributed by atoms with Crippen molar-refractivity contribution in [3.63, 3.8) is 0 Å². The molecular weight excluding hydrogens is 190 g/mol. The molecule has 3 rings (SSSR count). The van der Waals surface area contributed by atoms with E-state index >= 15 is 0 Å². The molecular formula is C10H13N5. The van der Waals surface area contributed by atoms with Crippen molar-refractivity contribution in [3.05, 3.63) is 29.3 Å². The highest BCUT2D eigenvalue weighted by molar-refractivity contribution is 5.34. The SMILES string of the molecule is Cc1[nH]ncc1-n1cc2c(n1)CNCC2. The van der Waals surface area contributed by atoms with Crippen LogP contribution in [0.25, 0.3) is 5.69 Å². The molecule has 1 aliphatic rings. The van der Waals surface area contributed by atoms with Crippen LogP contribution in [0.15, 0.2) is 12.4 Å². The van der Waals surface area contributed by atoms with Gasteiger partial charge in [-0.25, -0.2) is 4.68 Å². The third kappa shape index (κ3) is 1.35. The highest BCUT2D eigenvalue weighted by Gasteiger charge is 2.14. The molecule has 0 aliphatic carbocycles. The maximum absolute atomic E-state index is 4.55. The van der Waals surface area contributed by atoms with Crippen LogP contribution in [0.4, 0.5) is 0 Å². The molecule has 0 amide bonds. The summed E-state index contributed by atoms with van der Waals surface area (Å²) in [6.45, 7) is 3.92. The standard InChI is InChI=1S/C10H13N5/c1-7-10(5-12-13-7)15-6-8-2-3-11-4-9(8)14-15/h5-6,11H,2-4H2,1H3,(H,12,13). The number of aromatic amines is 1. The van der Waals surface area contributed by atoms with Crippen LogP contribution < -0.4 is 5.32 Å². The van der Waals surface area contributed by atoms with Gasteiger partial charge < -0.3 is 5.32 Å². The van der Waals surface area contributed by atoms with Gasteiger partial charge in [-0.15, -0.1) is 0 Å². The smallest absolute Gasteiger partial charge is 0.105 e. The molecule has 0 saturated heterocycles. The van der Waals surface area contributed by atoms with Crippen LogP contribution >= 0.6 is 0 Å². The normalized spacial score (nSPS) is 15.3. The average molecular weight is 203 g/mol. The van der Waals surface area contributed by atoms with Crippen LogP contribution in [0.3, 0.4) is 0 Å². The molecule has 0 saturated carbocycles. The second-order valence-electron chi connectivity index (χ2n) is 3.85. The molecule has 0 radical (unpaired) electrons. The maximum Gasteiger partial charge on any atom is 0.105 e. The quantitative estimate of drug-likeness (QED) is 0.711. The Kier molecular flexibility index (Phi) is 1.85. The van der Waals surface area contributed by atoms with Gasteiger partial charge >= 0.3 is 0 Å². The van der Waals surface area contributed by atoms with Crippen LogP contribution in [-0.4, -0.2) is 26.5 Å². The fourth-order valence-electron chi connectivity index (χ4n) is 1.93. The van der Waals surface area contributed by atoms with E-state index < -0.39 is 0 Å². The summed E-state index contributed by atoms with van der Waals surface area (Å²) in [5.41, 5.74) is 4.57. The highest BCUT2D eigenvalue weighted by Crippen LogP contribution is 2.16. The fraction of sp³-hybridized carbons (Fsp3) is 0.400. The van der Waals surface area contributed by atoms with Crippen LogP contribution in [0.5, 0.6) is 0 Å². The summed E-state index contributed by atoms with van der Waals surface area (Å²) < 4.78 is 1.91. The van der Waals surface area contributed by atoms with Gasteiger partial charge in [0.05, 0.1) is 17.6 Å². The molecule has 0 aromatic carbocycles. The van der Waals surface area contributed by atoms with Gasteiger partial charge in [0, 0.05) is 12.7 Å². The maximum atomic E-state index is 4.55. The number of rotatable bonds is 1. The minimum absolute atomic E-state index is 0.874. The zero-order valence-corrected chi connectivity index (χ0v) is 8.62. The number of hydrogen-bond acceptors (Lipinski definition) is 3. The lowest BCUT2D eigenvalue weighted by Gasteiger charge is -2.09. The predicted molar refractivity (Wildman–Crippen MR) is 55.9 cm³/mol. The van der Waals surface area contributed by atoms with Crippen LogP contribution in [0.1, 0.15) is 17.0 Å². The minimum Gasteiger partial charge on any atom is -0.311 e. The van der Waals surface area contributed by atoms with Gasteiger partial charge in [-0.3, -0.25) is 5.10 Å². The van der Waals surface area contributed by atoms with Gasteiger partial charge in [0.15, 0.2) is 0 Å². The summed E-state index contributed by atoms with van der Waals surface area (Å²) in [5, 5.41) is 14.8. The van der Waals surface area contributed by atoms with Gasteiger partial charge in [-0.1, -0.05) is 0 Å². The number of nitrogens with one attached hydrogen (secondary N) is 2. The molecule has 2 aromatic rings. The molecule has 78 valence electrons. The van der Waals surface area contributed by atoms with Gasteiger partial charge in [0.1, 0.15) is 5.69 Å². The average Bonchev–Trinajstić information content (AvgIpc) is 2.82. The lowest BCUT2D eigenvalue weighted by atomic mass is 10.1. The first kappa shape index (κ1) is 8.67. The number of hydrogen-bond donors (Lipinski definition) is 2. The Labute approximate surface area is 87.5 Å². The first-order chi connectivity index (χ1) is 7.34. The Morgan fingerprint density at radius 1 is 1.47 bits per heavy atom. The number of nitrogens with zero attached hydrogens (tertiary/aromatic N) is 3. The van der Waals surface area contributed by atoms with E-state index in [1.165, 1.54) is 5.56 Å². The van der Waals surface area contributed by atoms with Crippen LogP contribution in [0, 0.1) is 6.92 Å². The zero-order valence-electron chi connectivity index (χ0n) is 8.62. The summed E-state index contributed by atoms with van der Waals surface area (Å²) in [4.78, 5) is 0. The van der Waals surface area contributed by atoms with E-state index in [1.807, 2.05) is 11.6 Å². The molecule has 1 aliphatic heterocycles. The Balaban J connectivity index is 2.06. The second-order valence-corrected chi connectivity index (χ2v) is 3.85. The summed E-state index contributed by atoms with van der Waals surface area (Å²) >= 11 is 0. The summed E-state index contributed by atoms with van der Waals surface area (Å²) in [5.74, 6) is 0. The number of H-pyrrole nitrogens is 1. The Morgan fingerprint density at radius 3 is 3.13 bits per heavy atom. The molecule has 0 bridgehead atoms. The van der Waals surface area contributed by atoms with E-state index in [4.69, 9.17) is 0 Å². The highest BCUT2D eigenvalue weighted by atomic mass is 15.3. The monoisotopic (exact) mass is 203 g/mol. The lowest BCUT2D eigenvalue weighted by molar-refractivity contribution is 0.629. The van der Waals surface area contributed by atoms with E-state index in [0.717, 1.165) is 36.6 Å². The molecule has 0 spiro atoms. The topological polar surface area (TPSA) is 58.5 Å². The predicted octanol–water partition coefficient (Wildman–Crippen LogP) is 0.550. The van der Waals surface area contributed by atoms with Gasteiger partial charge in [0.25, 0.3) is 0 Å². The van der Waals surface area contributed by atoms with Crippen molar-refractivity contribution < 1.29 is 0 Å². The molecule has 0 fully saturated rings. The Morgan fingerprint density at radius 2 is 2.40 bits per heavy atom. The van der Waals surface area contributed by atoms with Crippen molar-refractivity contribution in [2.45, 2.75) is 19.9 Å². The van der Waals surface area contributed by atoms with Gasteiger partial charge in [0.2, 0.25) is 0 Å². The van der Waals surface area contributed by atoms with Crippen molar-refractivity contribution in [3.8, 4) is 5.69 Å². The summed E-state index contributed by atoms with van der Waals surface area (Å²) in [6.07, 6.45) is 4.97. The van der Waals surface area contributed by atoms with E-state index in [-0.39, 0.29) is 0 Å². The van der Waals surface area contributed by atoms with E-state index in [0.29, 0.717) is 0 Å². The number of aromatic nitrogens is 4. The van der Waals surface area contributed by atoms with Crippen molar-refractivity contribution in [1.82, 2.24) is 25.3 Å². The van der Waals surface area contributed by atoms with Crippen molar-refractivity contribution in [2.24, 2.45) is 0 Å². The summed E-state index contributed by atoms with van der Waals surface area (Å²) in [7, 11) is 0. The zero-order chi connectivity index (χ0) is 10.3. The third-order valence-corrected chi connectivity index (χ3v) is 2.79. The van der Waals surface area contributed by atoms with Crippen molar-refractivity contribution in [2.75, 3.05) is 6.54 Å². The second kappa shape index (κ2) is 3.20. The van der Waals surface area contributed by atoms with E-state index in [9.17, 15) is 0 Å². The van der Waals surface area contributed by atoms with E-state index in [1.54, 1.807) is 6.20 Å². The number of aryl methyl sites for hydroxylation is 1. The van der Waals surface area contributed by atoms with Gasteiger partial charge in [-0.05, 0) is 25.5 Å². The molecule has 2 aromatic heterocycles. The van der Waals surface area contributed by atoms with Crippen molar-refractivity contribution >= 4 is 0 Å². The third-order valence-electron chi connectivity index (χ3n) is 2.79.